The van der Waals surface area contributed by atoms with Crippen molar-refractivity contribution in [2.45, 2.75) is 52.4 Å². The van der Waals surface area contributed by atoms with Gasteiger partial charge in [-0.3, -0.25) is 9.59 Å². The Bertz CT molecular complexity index is 1110. The molecule has 1 aromatic heterocycles. The number of hydrogen-bond donors (Lipinski definition) is 1. The first-order chi connectivity index (χ1) is 14.4. The largest absolute Gasteiger partial charge is 0.310 e. The van der Waals surface area contributed by atoms with Crippen molar-refractivity contribution in [3.63, 3.8) is 0 Å². The molecule has 1 atom stereocenters. The molecule has 2 aromatic carbocycles. The van der Waals surface area contributed by atoms with Crippen LogP contribution in [0.2, 0.25) is 0 Å². The fourth-order valence-corrected chi connectivity index (χ4v) is 4.10. The number of hydrogen-bond acceptors (Lipinski definition) is 3. The summed E-state index contributed by atoms with van der Waals surface area (Å²) in [6.07, 6.45) is 1.05. The number of nitrogens with zero attached hydrogens (tertiary/aromatic N) is 2. The van der Waals surface area contributed by atoms with Crippen molar-refractivity contribution in [1.29, 1.82) is 0 Å². The Labute approximate surface area is 177 Å². The minimum Gasteiger partial charge on any atom is -0.310 e. The third-order valence-electron chi connectivity index (χ3n) is 5.84. The van der Waals surface area contributed by atoms with Crippen LogP contribution >= 0.6 is 0 Å². The maximum atomic E-state index is 13.4. The van der Waals surface area contributed by atoms with Crippen LogP contribution in [0.1, 0.15) is 71.8 Å². The van der Waals surface area contributed by atoms with Crippen molar-refractivity contribution >= 4 is 17.5 Å². The molecule has 154 valence electrons. The summed E-state index contributed by atoms with van der Waals surface area (Å²) in [5.41, 5.74) is 5.47. The highest BCUT2D eigenvalue weighted by Crippen LogP contribution is 2.38. The zero-order chi connectivity index (χ0) is 21.4. The van der Waals surface area contributed by atoms with Crippen LogP contribution in [0.25, 0.3) is 5.69 Å². The van der Waals surface area contributed by atoms with Gasteiger partial charge in [0, 0.05) is 17.5 Å². The van der Waals surface area contributed by atoms with Gasteiger partial charge in [0.1, 0.15) is 5.82 Å². The van der Waals surface area contributed by atoms with E-state index in [1.165, 1.54) is 11.1 Å². The van der Waals surface area contributed by atoms with E-state index >= 15 is 0 Å². The first-order valence-corrected chi connectivity index (χ1v) is 10.5. The summed E-state index contributed by atoms with van der Waals surface area (Å²) in [6, 6.07) is 15.8. The molecule has 0 saturated heterocycles. The van der Waals surface area contributed by atoms with Gasteiger partial charge >= 0.3 is 0 Å². The Balaban J connectivity index is 1.76. The van der Waals surface area contributed by atoms with Gasteiger partial charge in [0.15, 0.2) is 5.78 Å². The Kier molecular flexibility index (Phi) is 5.29. The lowest BCUT2D eigenvalue weighted by molar-refractivity contribution is -0.116. The summed E-state index contributed by atoms with van der Waals surface area (Å²) in [7, 11) is 0. The van der Waals surface area contributed by atoms with Crippen LogP contribution in [0, 0.1) is 6.92 Å². The SMILES string of the molecule is CCc1cccc(-n2nc(C)c3c2NC(=O)C[C@H]3C(=O)c2ccc(C(C)C)cc2)c1. The third-order valence-corrected chi connectivity index (χ3v) is 5.84. The van der Waals surface area contributed by atoms with E-state index in [1.54, 1.807) is 4.68 Å². The van der Waals surface area contributed by atoms with Crippen molar-refractivity contribution in [3.8, 4) is 5.69 Å². The zero-order valence-corrected chi connectivity index (χ0v) is 17.9. The molecule has 0 fully saturated rings. The quantitative estimate of drug-likeness (QED) is 0.600. The number of benzene rings is 2. The van der Waals surface area contributed by atoms with Gasteiger partial charge in [-0.25, -0.2) is 4.68 Å². The number of Topliss-reactive ketones (excluding diaryl/α,β-unsaturated/α-hetero) is 1. The van der Waals surface area contributed by atoms with E-state index in [0.717, 1.165) is 23.4 Å². The van der Waals surface area contributed by atoms with Crippen LogP contribution in [0.4, 0.5) is 5.82 Å². The fourth-order valence-electron chi connectivity index (χ4n) is 4.10. The van der Waals surface area contributed by atoms with E-state index in [9.17, 15) is 9.59 Å². The number of aryl methyl sites for hydroxylation is 2. The molecule has 0 bridgehead atoms. The summed E-state index contributed by atoms with van der Waals surface area (Å²) in [6.45, 7) is 8.25. The summed E-state index contributed by atoms with van der Waals surface area (Å²) in [5.74, 6) is 0.287. The number of aromatic nitrogens is 2. The highest BCUT2D eigenvalue weighted by atomic mass is 16.2. The normalized spacial score (nSPS) is 15.8. The second-order valence-electron chi connectivity index (χ2n) is 8.23. The molecule has 5 heteroatoms. The Hall–Kier alpha value is -3.21. The summed E-state index contributed by atoms with van der Waals surface area (Å²) >= 11 is 0. The molecule has 0 unspecified atom stereocenters. The van der Waals surface area contributed by atoms with Crippen molar-refractivity contribution in [2.24, 2.45) is 0 Å². The monoisotopic (exact) mass is 401 g/mol. The smallest absolute Gasteiger partial charge is 0.226 e. The molecule has 3 aromatic rings. The molecule has 1 N–H and O–H groups in total. The molecular formula is C25H27N3O2. The van der Waals surface area contributed by atoms with E-state index in [2.05, 4.69) is 43.3 Å². The van der Waals surface area contributed by atoms with Crippen molar-refractivity contribution in [2.75, 3.05) is 5.32 Å². The highest BCUT2D eigenvalue weighted by Gasteiger charge is 2.36. The number of nitrogens with one attached hydrogen (secondary N) is 1. The molecule has 30 heavy (non-hydrogen) atoms. The number of fused-ring (bicyclic) bond motifs is 1. The molecule has 1 amide bonds. The van der Waals surface area contributed by atoms with Gasteiger partial charge in [0.25, 0.3) is 0 Å². The van der Waals surface area contributed by atoms with Gasteiger partial charge in [-0.15, -0.1) is 0 Å². The van der Waals surface area contributed by atoms with Gasteiger partial charge in [-0.1, -0.05) is 57.2 Å². The van der Waals surface area contributed by atoms with Gasteiger partial charge in [-0.2, -0.15) is 5.10 Å². The fraction of sp³-hybridized carbons (Fsp3) is 0.320. The summed E-state index contributed by atoms with van der Waals surface area (Å²) < 4.78 is 1.75. The van der Waals surface area contributed by atoms with Crippen molar-refractivity contribution in [1.82, 2.24) is 9.78 Å². The molecule has 0 spiro atoms. The predicted molar refractivity (Wildman–Crippen MR) is 119 cm³/mol. The predicted octanol–water partition coefficient (Wildman–Crippen LogP) is 5.18. The van der Waals surface area contributed by atoms with Crippen LogP contribution < -0.4 is 5.32 Å². The molecule has 0 aliphatic carbocycles. The van der Waals surface area contributed by atoms with Gasteiger partial charge in [-0.05, 0) is 42.5 Å². The zero-order valence-electron chi connectivity index (χ0n) is 17.9. The summed E-state index contributed by atoms with van der Waals surface area (Å²) in [4.78, 5) is 25.9. The van der Waals surface area contributed by atoms with E-state index < -0.39 is 5.92 Å². The molecule has 0 radical (unpaired) electrons. The number of rotatable bonds is 5. The van der Waals surface area contributed by atoms with Crippen LogP contribution in [-0.4, -0.2) is 21.5 Å². The van der Waals surface area contributed by atoms with Crippen LogP contribution in [0.15, 0.2) is 48.5 Å². The molecular weight excluding hydrogens is 374 g/mol. The number of carbonyl (C=O) groups excluding carboxylic acids is 2. The van der Waals surface area contributed by atoms with E-state index in [4.69, 9.17) is 0 Å². The Morgan fingerprint density at radius 1 is 1.20 bits per heavy atom. The minimum atomic E-state index is -0.526. The van der Waals surface area contributed by atoms with Gasteiger partial charge in [0.05, 0.1) is 17.3 Å². The lowest BCUT2D eigenvalue weighted by atomic mass is 9.85. The van der Waals surface area contributed by atoms with Crippen LogP contribution in [0.3, 0.4) is 0 Å². The second kappa shape index (κ2) is 7.90. The summed E-state index contributed by atoms with van der Waals surface area (Å²) in [5, 5.41) is 7.64. The maximum absolute atomic E-state index is 13.4. The molecule has 1 aliphatic rings. The highest BCUT2D eigenvalue weighted by molar-refractivity contribution is 6.08. The van der Waals surface area contributed by atoms with E-state index in [-0.39, 0.29) is 18.1 Å². The topological polar surface area (TPSA) is 64.0 Å². The average molecular weight is 402 g/mol. The number of carbonyl (C=O) groups is 2. The molecule has 0 saturated carbocycles. The third kappa shape index (κ3) is 3.56. The number of amides is 1. The lowest BCUT2D eigenvalue weighted by Gasteiger charge is -2.23. The maximum Gasteiger partial charge on any atom is 0.226 e. The number of anilines is 1. The Morgan fingerprint density at radius 2 is 1.93 bits per heavy atom. The second-order valence-corrected chi connectivity index (χ2v) is 8.23. The molecule has 5 nitrogen and oxygen atoms in total. The average Bonchev–Trinajstić information content (AvgIpc) is 3.09. The van der Waals surface area contributed by atoms with Gasteiger partial charge < -0.3 is 5.32 Å². The van der Waals surface area contributed by atoms with Crippen molar-refractivity contribution in [3.05, 3.63) is 76.5 Å². The molecule has 4 rings (SSSR count). The minimum absolute atomic E-state index is 0.0358. The molecule has 2 heterocycles. The first-order valence-electron chi connectivity index (χ1n) is 10.5. The van der Waals surface area contributed by atoms with Crippen molar-refractivity contribution < 1.29 is 9.59 Å². The molecule has 1 aliphatic heterocycles. The van der Waals surface area contributed by atoms with Gasteiger partial charge in [0.2, 0.25) is 5.91 Å². The number of ketones is 1. The first kappa shape index (κ1) is 20.1. The lowest BCUT2D eigenvalue weighted by Crippen LogP contribution is -2.28. The van der Waals surface area contributed by atoms with E-state index in [0.29, 0.717) is 17.3 Å². The standard InChI is InChI=1S/C25H27N3O2/c1-5-17-7-6-8-20(13-17)28-25-23(16(4)27-28)21(14-22(29)26-25)24(30)19-11-9-18(10-12-19)15(2)3/h6-13,15,21H,5,14H2,1-4H3,(H,26,29)/t21-/m1/s1. The van der Waals surface area contributed by atoms with Crippen LogP contribution in [0.5, 0.6) is 0 Å². The van der Waals surface area contributed by atoms with Crippen LogP contribution in [-0.2, 0) is 11.2 Å². The van der Waals surface area contributed by atoms with E-state index in [1.807, 2.05) is 43.3 Å². The Morgan fingerprint density at radius 3 is 2.60 bits per heavy atom.